The predicted octanol–water partition coefficient (Wildman–Crippen LogP) is 2.12. The zero-order valence-corrected chi connectivity index (χ0v) is 12.2. The van der Waals surface area contributed by atoms with Gasteiger partial charge in [0, 0.05) is 18.2 Å². The van der Waals surface area contributed by atoms with Crippen molar-refractivity contribution < 1.29 is 9.72 Å². The molecule has 0 aliphatic heterocycles. The van der Waals surface area contributed by atoms with E-state index in [-0.39, 0.29) is 18.1 Å². The summed E-state index contributed by atoms with van der Waals surface area (Å²) < 4.78 is 0. The Morgan fingerprint density at radius 2 is 2.24 bits per heavy atom. The smallest absolute Gasteiger partial charge is 0.274 e. The van der Waals surface area contributed by atoms with Gasteiger partial charge in [0.25, 0.3) is 5.69 Å². The summed E-state index contributed by atoms with van der Waals surface area (Å²) >= 11 is 0. The molecule has 0 bridgehead atoms. The van der Waals surface area contributed by atoms with E-state index in [1.54, 1.807) is 18.2 Å². The number of nitrogens with one attached hydrogen (secondary N) is 1. The van der Waals surface area contributed by atoms with Gasteiger partial charge in [-0.15, -0.1) is 0 Å². The van der Waals surface area contributed by atoms with Crippen LogP contribution in [0.15, 0.2) is 24.3 Å². The molecule has 0 spiro atoms. The van der Waals surface area contributed by atoms with Crippen LogP contribution < -0.4 is 11.1 Å². The first-order chi connectivity index (χ1) is 9.92. The third-order valence-corrected chi connectivity index (χ3v) is 4.11. The molecule has 0 heterocycles. The number of nitrogens with zero attached hydrogens (tertiary/aromatic N) is 1. The van der Waals surface area contributed by atoms with Crippen molar-refractivity contribution in [2.24, 2.45) is 11.7 Å². The Bertz CT molecular complexity index is 547. The molecule has 6 heteroatoms. The summed E-state index contributed by atoms with van der Waals surface area (Å²) in [6.45, 7) is 2.22. The Morgan fingerprint density at radius 3 is 2.90 bits per heavy atom. The maximum Gasteiger partial charge on any atom is 0.274 e. The Morgan fingerprint density at radius 1 is 1.52 bits per heavy atom. The molecular weight excluding hydrogens is 270 g/mol. The topological polar surface area (TPSA) is 98.3 Å². The number of rotatable bonds is 4. The van der Waals surface area contributed by atoms with Crippen molar-refractivity contribution >= 4 is 11.6 Å². The number of hydrogen-bond donors (Lipinski definition) is 2. The van der Waals surface area contributed by atoms with Gasteiger partial charge in [0.15, 0.2) is 0 Å². The average molecular weight is 291 g/mol. The number of nitro groups is 1. The maximum atomic E-state index is 12.3. The fourth-order valence-corrected chi connectivity index (χ4v) is 2.99. The SMILES string of the molecule is CC1CCCC(N)(C(=O)NCc2ccccc2[N+](=O)[O-])C1. The molecule has 2 rings (SSSR count). The highest BCUT2D eigenvalue weighted by atomic mass is 16.6. The Kier molecular flexibility index (Phi) is 4.57. The van der Waals surface area contributed by atoms with Gasteiger partial charge >= 0.3 is 0 Å². The number of para-hydroxylation sites is 1. The standard InChI is InChI=1S/C15H21N3O3/c1-11-5-4-8-15(16,9-11)14(19)17-10-12-6-2-3-7-13(12)18(20)21/h2-3,6-7,11H,4-5,8-10,16H2,1H3,(H,17,19). The molecule has 0 aromatic heterocycles. The number of nitro benzene ring substituents is 1. The lowest BCUT2D eigenvalue weighted by Gasteiger charge is -2.35. The minimum absolute atomic E-state index is 0.0147. The molecule has 3 N–H and O–H groups in total. The van der Waals surface area contributed by atoms with Gasteiger partial charge in [0.05, 0.1) is 10.5 Å². The molecule has 1 amide bonds. The van der Waals surface area contributed by atoms with E-state index in [0.29, 0.717) is 24.3 Å². The van der Waals surface area contributed by atoms with Gasteiger partial charge < -0.3 is 11.1 Å². The fourth-order valence-electron chi connectivity index (χ4n) is 2.99. The van der Waals surface area contributed by atoms with Crippen molar-refractivity contribution in [3.05, 3.63) is 39.9 Å². The van der Waals surface area contributed by atoms with Gasteiger partial charge in [0.1, 0.15) is 0 Å². The van der Waals surface area contributed by atoms with Crippen LogP contribution in [0, 0.1) is 16.0 Å². The van der Waals surface area contributed by atoms with E-state index in [2.05, 4.69) is 12.2 Å². The van der Waals surface area contributed by atoms with E-state index in [1.807, 2.05) is 0 Å². The predicted molar refractivity (Wildman–Crippen MR) is 79.5 cm³/mol. The van der Waals surface area contributed by atoms with E-state index in [1.165, 1.54) is 6.07 Å². The number of benzene rings is 1. The highest BCUT2D eigenvalue weighted by Crippen LogP contribution is 2.30. The molecule has 114 valence electrons. The Hall–Kier alpha value is -1.95. The average Bonchev–Trinajstić information content (AvgIpc) is 2.44. The molecular formula is C15H21N3O3. The van der Waals surface area contributed by atoms with E-state index in [9.17, 15) is 14.9 Å². The summed E-state index contributed by atoms with van der Waals surface area (Å²) in [5.41, 5.74) is 5.87. The number of hydrogen-bond acceptors (Lipinski definition) is 4. The van der Waals surface area contributed by atoms with E-state index < -0.39 is 10.5 Å². The van der Waals surface area contributed by atoms with Crippen LogP contribution in [0.5, 0.6) is 0 Å². The normalized spacial score (nSPS) is 25.3. The van der Waals surface area contributed by atoms with Crippen molar-refractivity contribution in [1.29, 1.82) is 0 Å². The summed E-state index contributed by atoms with van der Waals surface area (Å²) in [7, 11) is 0. The summed E-state index contributed by atoms with van der Waals surface area (Å²) in [5.74, 6) is 0.216. The van der Waals surface area contributed by atoms with Gasteiger partial charge in [-0.25, -0.2) is 0 Å². The minimum atomic E-state index is -0.846. The molecule has 0 saturated heterocycles. The highest BCUT2D eigenvalue weighted by Gasteiger charge is 2.37. The van der Waals surface area contributed by atoms with Crippen molar-refractivity contribution in [2.75, 3.05) is 0 Å². The maximum absolute atomic E-state index is 12.3. The number of carbonyl (C=O) groups excluding carboxylic acids is 1. The molecule has 6 nitrogen and oxygen atoms in total. The van der Waals surface area contributed by atoms with Crippen molar-refractivity contribution in [1.82, 2.24) is 5.32 Å². The van der Waals surface area contributed by atoms with Crippen molar-refractivity contribution in [3.63, 3.8) is 0 Å². The molecule has 2 atom stereocenters. The highest BCUT2D eigenvalue weighted by molar-refractivity contribution is 5.86. The van der Waals surface area contributed by atoms with Crippen LogP contribution in [0.25, 0.3) is 0 Å². The quantitative estimate of drug-likeness (QED) is 0.655. The van der Waals surface area contributed by atoms with E-state index >= 15 is 0 Å². The first-order valence-corrected chi connectivity index (χ1v) is 7.22. The van der Waals surface area contributed by atoms with Gasteiger partial charge in [-0.05, 0) is 18.8 Å². The zero-order chi connectivity index (χ0) is 15.5. The number of carbonyl (C=O) groups is 1. The summed E-state index contributed by atoms with van der Waals surface area (Å²) in [4.78, 5) is 22.8. The van der Waals surface area contributed by atoms with Crippen LogP contribution in [0.3, 0.4) is 0 Å². The largest absolute Gasteiger partial charge is 0.350 e. The second kappa shape index (κ2) is 6.22. The zero-order valence-electron chi connectivity index (χ0n) is 12.2. The van der Waals surface area contributed by atoms with Crippen LogP contribution in [-0.4, -0.2) is 16.4 Å². The van der Waals surface area contributed by atoms with Gasteiger partial charge in [-0.1, -0.05) is 38.0 Å². The minimum Gasteiger partial charge on any atom is -0.350 e. The second-order valence-electron chi connectivity index (χ2n) is 5.93. The van der Waals surface area contributed by atoms with Crippen LogP contribution >= 0.6 is 0 Å². The third kappa shape index (κ3) is 3.58. The molecule has 1 aromatic carbocycles. The summed E-state index contributed by atoms with van der Waals surface area (Å²) in [5, 5.41) is 13.7. The lowest BCUT2D eigenvalue weighted by atomic mass is 9.76. The van der Waals surface area contributed by atoms with Crippen LogP contribution in [0.1, 0.15) is 38.2 Å². The first kappa shape index (κ1) is 15.4. The molecule has 1 aliphatic carbocycles. The van der Waals surface area contributed by atoms with Crippen molar-refractivity contribution in [2.45, 2.75) is 44.7 Å². The Balaban J connectivity index is 2.03. The molecule has 1 aromatic rings. The Labute approximate surface area is 123 Å². The lowest BCUT2D eigenvalue weighted by molar-refractivity contribution is -0.385. The lowest BCUT2D eigenvalue weighted by Crippen LogP contribution is -2.56. The number of nitrogens with two attached hydrogens (primary N) is 1. The van der Waals surface area contributed by atoms with Crippen LogP contribution in [-0.2, 0) is 11.3 Å². The second-order valence-corrected chi connectivity index (χ2v) is 5.93. The number of amides is 1. The van der Waals surface area contributed by atoms with Crippen LogP contribution in [0.4, 0.5) is 5.69 Å². The molecule has 1 saturated carbocycles. The molecule has 0 radical (unpaired) electrons. The van der Waals surface area contributed by atoms with Crippen LogP contribution in [0.2, 0.25) is 0 Å². The van der Waals surface area contributed by atoms with E-state index in [4.69, 9.17) is 5.73 Å². The molecule has 1 fully saturated rings. The summed E-state index contributed by atoms with van der Waals surface area (Å²) in [6.07, 6.45) is 3.36. The van der Waals surface area contributed by atoms with Gasteiger partial charge in [0.2, 0.25) is 5.91 Å². The van der Waals surface area contributed by atoms with E-state index in [0.717, 1.165) is 12.8 Å². The molecule has 1 aliphatic rings. The fraction of sp³-hybridized carbons (Fsp3) is 0.533. The summed E-state index contributed by atoms with van der Waals surface area (Å²) in [6, 6.07) is 6.40. The third-order valence-electron chi connectivity index (χ3n) is 4.11. The van der Waals surface area contributed by atoms with Gasteiger partial charge in [-0.2, -0.15) is 0 Å². The molecule has 2 unspecified atom stereocenters. The van der Waals surface area contributed by atoms with Gasteiger partial charge in [-0.3, -0.25) is 14.9 Å². The monoisotopic (exact) mass is 291 g/mol. The molecule has 21 heavy (non-hydrogen) atoms. The first-order valence-electron chi connectivity index (χ1n) is 7.22. The van der Waals surface area contributed by atoms with Crippen molar-refractivity contribution in [3.8, 4) is 0 Å².